The zero-order valence-corrected chi connectivity index (χ0v) is 12.0. The molecule has 6 heteroatoms. The van der Waals surface area contributed by atoms with E-state index in [4.69, 9.17) is 0 Å². The summed E-state index contributed by atoms with van der Waals surface area (Å²) in [5.74, 6) is -1.59. The van der Waals surface area contributed by atoms with Crippen molar-refractivity contribution >= 4 is 15.9 Å². The third-order valence-corrected chi connectivity index (χ3v) is 3.50. The summed E-state index contributed by atoms with van der Waals surface area (Å²) < 4.78 is 29.5. The molecule has 1 aromatic heterocycles. The van der Waals surface area contributed by atoms with Gasteiger partial charge in [0.2, 0.25) is 0 Å². The summed E-state index contributed by atoms with van der Waals surface area (Å²) in [5.41, 5.74) is -0.0253. The predicted octanol–water partition coefficient (Wildman–Crippen LogP) is 3.59. The van der Waals surface area contributed by atoms with Crippen LogP contribution in [0.1, 0.15) is 37.3 Å². The summed E-state index contributed by atoms with van der Waals surface area (Å²) >= 11 is 2.98. The van der Waals surface area contributed by atoms with Gasteiger partial charge >= 0.3 is 0 Å². The normalized spacial score (nSPS) is 13.0. The SMILES string of the molecule is CC(C)n1cncc1C(O)c1c(F)ccc(Br)c1F. The van der Waals surface area contributed by atoms with Crippen LogP contribution in [-0.4, -0.2) is 14.7 Å². The molecule has 0 radical (unpaired) electrons. The first-order valence-corrected chi connectivity index (χ1v) is 6.56. The highest BCUT2D eigenvalue weighted by Crippen LogP contribution is 2.31. The number of rotatable bonds is 3. The van der Waals surface area contributed by atoms with Gasteiger partial charge < -0.3 is 9.67 Å². The number of aliphatic hydroxyl groups excluding tert-OH is 1. The van der Waals surface area contributed by atoms with E-state index in [1.165, 1.54) is 18.6 Å². The fraction of sp³-hybridized carbons (Fsp3) is 0.308. The van der Waals surface area contributed by atoms with E-state index < -0.39 is 17.7 Å². The fourth-order valence-electron chi connectivity index (χ4n) is 1.90. The molecule has 102 valence electrons. The first kappa shape index (κ1) is 14.1. The highest BCUT2D eigenvalue weighted by molar-refractivity contribution is 9.10. The Kier molecular flexibility index (Phi) is 4.01. The molecular formula is C13H13BrF2N2O. The van der Waals surface area contributed by atoms with Gasteiger partial charge in [-0.1, -0.05) is 0 Å². The Labute approximate surface area is 118 Å². The van der Waals surface area contributed by atoms with E-state index in [2.05, 4.69) is 20.9 Å². The van der Waals surface area contributed by atoms with Crippen molar-refractivity contribution in [2.45, 2.75) is 26.0 Å². The molecule has 19 heavy (non-hydrogen) atoms. The summed E-state index contributed by atoms with van der Waals surface area (Å²) in [7, 11) is 0. The highest BCUT2D eigenvalue weighted by Gasteiger charge is 2.24. The topological polar surface area (TPSA) is 38.0 Å². The molecule has 0 saturated heterocycles. The third kappa shape index (κ3) is 2.55. The number of nitrogens with zero attached hydrogens (tertiary/aromatic N) is 2. The Morgan fingerprint density at radius 1 is 1.32 bits per heavy atom. The lowest BCUT2D eigenvalue weighted by Gasteiger charge is -2.18. The van der Waals surface area contributed by atoms with Gasteiger partial charge in [-0.05, 0) is 41.9 Å². The monoisotopic (exact) mass is 330 g/mol. The Bertz CT molecular complexity index is 598. The summed E-state index contributed by atoms with van der Waals surface area (Å²) in [4.78, 5) is 3.92. The van der Waals surface area contributed by atoms with Gasteiger partial charge in [-0.2, -0.15) is 0 Å². The van der Waals surface area contributed by atoms with E-state index >= 15 is 0 Å². The molecule has 0 aliphatic carbocycles. The second-order valence-electron chi connectivity index (χ2n) is 4.48. The number of imidazole rings is 1. The van der Waals surface area contributed by atoms with Gasteiger partial charge in [-0.15, -0.1) is 0 Å². The van der Waals surface area contributed by atoms with Crippen molar-refractivity contribution in [2.75, 3.05) is 0 Å². The largest absolute Gasteiger partial charge is 0.382 e. The van der Waals surface area contributed by atoms with Crippen LogP contribution in [-0.2, 0) is 0 Å². The molecule has 0 spiro atoms. The van der Waals surface area contributed by atoms with Crippen LogP contribution >= 0.6 is 15.9 Å². The Balaban J connectivity index is 2.53. The molecule has 0 aliphatic heterocycles. The molecule has 0 fully saturated rings. The zero-order valence-electron chi connectivity index (χ0n) is 10.4. The molecule has 0 bridgehead atoms. The van der Waals surface area contributed by atoms with Crippen molar-refractivity contribution in [3.8, 4) is 0 Å². The van der Waals surface area contributed by atoms with Gasteiger partial charge in [-0.3, -0.25) is 0 Å². The van der Waals surface area contributed by atoms with Crippen LogP contribution in [0, 0.1) is 11.6 Å². The molecule has 1 aromatic carbocycles. The van der Waals surface area contributed by atoms with Crippen molar-refractivity contribution in [2.24, 2.45) is 0 Å². The second-order valence-corrected chi connectivity index (χ2v) is 5.33. The standard InChI is InChI=1S/C13H13BrF2N2O/c1-7(2)18-6-17-5-10(18)13(19)11-9(15)4-3-8(14)12(11)16/h3-7,13,19H,1-2H3. The number of hydrogen-bond donors (Lipinski definition) is 1. The van der Waals surface area contributed by atoms with Gasteiger partial charge in [0.1, 0.15) is 17.7 Å². The summed E-state index contributed by atoms with van der Waals surface area (Å²) in [6.07, 6.45) is 1.53. The number of aliphatic hydroxyl groups is 1. The molecule has 1 heterocycles. The maximum atomic E-state index is 14.0. The maximum absolute atomic E-state index is 14.0. The van der Waals surface area contributed by atoms with E-state index in [-0.39, 0.29) is 16.1 Å². The number of benzene rings is 1. The maximum Gasteiger partial charge on any atom is 0.146 e. The average molecular weight is 331 g/mol. The Morgan fingerprint density at radius 3 is 2.63 bits per heavy atom. The number of hydrogen-bond acceptors (Lipinski definition) is 2. The zero-order chi connectivity index (χ0) is 14.2. The lowest BCUT2D eigenvalue weighted by atomic mass is 10.1. The summed E-state index contributed by atoms with van der Waals surface area (Å²) in [6.45, 7) is 3.79. The van der Waals surface area contributed by atoms with Crippen molar-refractivity contribution in [1.29, 1.82) is 0 Å². The Hall–Kier alpha value is -1.27. The minimum atomic E-state index is -1.40. The second kappa shape index (κ2) is 5.38. The van der Waals surface area contributed by atoms with Crippen LogP contribution in [0.25, 0.3) is 0 Å². The lowest BCUT2D eigenvalue weighted by molar-refractivity contribution is 0.197. The van der Waals surface area contributed by atoms with Crippen molar-refractivity contribution in [3.63, 3.8) is 0 Å². The fourth-order valence-corrected chi connectivity index (χ4v) is 2.25. The highest BCUT2D eigenvalue weighted by atomic mass is 79.9. The van der Waals surface area contributed by atoms with Crippen molar-refractivity contribution < 1.29 is 13.9 Å². The van der Waals surface area contributed by atoms with Crippen LogP contribution in [0.15, 0.2) is 29.1 Å². The van der Waals surface area contributed by atoms with Crippen LogP contribution < -0.4 is 0 Å². The quantitative estimate of drug-likeness (QED) is 0.873. The molecule has 0 amide bonds. The minimum Gasteiger partial charge on any atom is -0.382 e. The van der Waals surface area contributed by atoms with Gasteiger partial charge in [0.05, 0.1) is 28.3 Å². The van der Waals surface area contributed by atoms with Gasteiger partial charge in [-0.25, -0.2) is 13.8 Å². The van der Waals surface area contributed by atoms with E-state index in [0.29, 0.717) is 5.69 Å². The van der Waals surface area contributed by atoms with Crippen LogP contribution in [0.3, 0.4) is 0 Å². The third-order valence-electron chi connectivity index (χ3n) is 2.89. The van der Waals surface area contributed by atoms with Crippen LogP contribution in [0.4, 0.5) is 8.78 Å². The average Bonchev–Trinajstić information content (AvgIpc) is 2.83. The van der Waals surface area contributed by atoms with E-state index in [0.717, 1.165) is 6.07 Å². The Morgan fingerprint density at radius 2 is 2.00 bits per heavy atom. The van der Waals surface area contributed by atoms with Crippen molar-refractivity contribution in [3.05, 3.63) is 52.0 Å². The molecule has 3 nitrogen and oxygen atoms in total. The molecule has 2 aromatic rings. The predicted molar refractivity (Wildman–Crippen MR) is 70.7 cm³/mol. The molecule has 0 saturated carbocycles. The smallest absolute Gasteiger partial charge is 0.146 e. The molecule has 1 N–H and O–H groups in total. The lowest BCUT2D eigenvalue weighted by Crippen LogP contribution is -2.13. The van der Waals surface area contributed by atoms with Crippen molar-refractivity contribution in [1.82, 2.24) is 9.55 Å². The van der Waals surface area contributed by atoms with Gasteiger partial charge in [0.25, 0.3) is 0 Å². The van der Waals surface area contributed by atoms with Crippen LogP contribution in [0.2, 0.25) is 0 Å². The molecule has 1 unspecified atom stereocenters. The molecule has 2 rings (SSSR count). The molecular weight excluding hydrogens is 318 g/mol. The van der Waals surface area contributed by atoms with Gasteiger partial charge in [0, 0.05) is 6.04 Å². The molecule has 1 atom stereocenters. The first-order valence-electron chi connectivity index (χ1n) is 5.76. The number of halogens is 3. The number of aromatic nitrogens is 2. The first-order chi connectivity index (χ1) is 8.93. The minimum absolute atomic E-state index is 0.0328. The van der Waals surface area contributed by atoms with E-state index in [1.54, 1.807) is 4.57 Å². The van der Waals surface area contributed by atoms with E-state index in [9.17, 15) is 13.9 Å². The van der Waals surface area contributed by atoms with Crippen LogP contribution in [0.5, 0.6) is 0 Å². The molecule has 0 aliphatic rings. The summed E-state index contributed by atoms with van der Waals surface area (Å²) in [6, 6.07) is 2.41. The van der Waals surface area contributed by atoms with Gasteiger partial charge in [0.15, 0.2) is 0 Å². The summed E-state index contributed by atoms with van der Waals surface area (Å²) in [5, 5.41) is 10.2. The van der Waals surface area contributed by atoms with E-state index in [1.807, 2.05) is 13.8 Å².